The number of benzene rings is 1. The molecule has 2 aromatic heterocycles. The van der Waals surface area contributed by atoms with E-state index in [1.54, 1.807) is 31.2 Å². The molecule has 8 nitrogen and oxygen atoms in total. The van der Waals surface area contributed by atoms with Crippen LogP contribution in [0.3, 0.4) is 0 Å². The minimum atomic E-state index is -0.695. The predicted octanol–water partition coefficient (Wildman–Crippen LogP) is 4.47. The minimum Gasteiger partial charge on any atom is -0.505 e. The second kappa shape index (κ2) is 8.11. The van der Waals surface area contributed by atoms with E-state index in [-0.39, 0.29) is 22.9 Å². The predicted molar refractivity (Wildman–Crippen MR) is 116 cm³/mol. The van der Waals surface area contributed by atoms with Crippen molar-refractivity contribution in [2.75, 3.05) is 4.90 Å². The first-order valence-electron chi connectivity index (χ1n) is 10.8. The van der Waals surface area contributed by atoms with E-state index < -0.39 is 17.7 Å². The molecule has 8 heteroatoms. The number of ketones is 1. The molecule has 0 bridgehead atoms. The highest BCUT2D eigenvalue weighted by molar-refractivity contribution is 6.51. The van der Waals surface area contributed by atoms with Gasteiger partial charge in [0.15, 0.2) is 5.76 Å². The van der Waals surface area contributed by atoms with E-state index in [0.29, 0.717) is 17.1 Å². The van der Waals surface area contributed by atoms with Crippen molar-refractivity contribution in [3.8, 4) is 11.3 Å². The molecule has 164 valence electrons. The zero-order chi connectivity index (χ0) is 22.2. The minimum absolute atomic E-state index is 0.0690. The molecule has 1 saturated carbocycles. The van der Waals surface area contributed by atoms with Gasteiger partial charge in [-0.15, -0.1) is 0 Å². The maximum absolute atomic E-state index is 13.2. The molecular formula is C24H23N3O5. The second-order valence-electron chi connectivity index (χ2n) is 8.36. The fraction of sp³-hybridized carbons (Fsp3) is 0.333. The number of nitrogens with zero attached hydrogens (tertiary/aromatic N) is 3. The van der Waals surface area contributed by atoms with E-state index in [4.69, 9.17) is 9.05 Å². The molecule has 5 rings (SSSR count). The smallest absolute Gasteiger partial charge is 0.299 e. The number of aliphatic hydroxyl groups excluding tert-OH is 1. The molecule has 3 heterocycles. The number of carbonyl (C=O) groups excluding carboxylic acids is 2. The fourth-order valence-electron chi connectivity index (χ4n) is 4.81. The number of anilines is 1. The van der Waals surface area contributed by atoms with Gasteiger partial charge in [0, 0.05) is 23.4 Å². The lowest BCUT2D eigenvalue weighted by atomic mass is 9.80. The molecule has 1 aliphatic carbocycles. The number of carbonyl (C=O) groups is 2. The van der Waals surface area contributed by atoms with Crippen molar-refractivity contribution in [3.63, 3.8) is 0 Å². The maximum Gasteiger partial charge on any atom is 0.299 e. The van der Waals surface area contributed by atoms with Gasteiger partial charge in [-0.25, -0.2) is 0 Å². The summed E-state index contributed by atoms with van der Waals surface area (Å²) in [6.07, 6.45) is 6.45. The van der Waals surface area contributed by atoms with E-state index in [1.165, 1.54) is 11.2 Å². The summed E-state index contributed by atoms with van der Waals surface area (Å²) in [5.74, 6) is -1.04. The molecule has 1 aliphatic heterocycles. The first kappa shape index (κ1) is 20.2. The molecule has 2 aliphatic rings. The summed E-state index contributed by atoms with van der Waals surface area (Å²) in [5.41, 5.74) is 2.40. The number of aryl methyl sites for hydroxylation is 1. The Kier molecular flexibility index (Phi) is 5.13. The summed E-state index contributed by atoms with van der Waals surface area (Å²) in [6, 6.07) is 10.0. The summed E-state index contributed by atoms with van der Waals surface area (Å²) in [7, 11) is 0. The van der Waals surface area contributed by atoms with Crippen LogP contribution >= 0.6 is 0 Å². The average molecular weight is 433 g/mol. The van der Waals surface area contributed by atoms with Crippen LogP contribution in [-0.4, -0.2) is 33.2 Å². The van der Waals surface area contributed by atoms with Crippen LogP contribution < -0.4 is 4.90 Å². The molecule has 1 N–H and O–H groups in total. The average Bonchev–Trinajstić information content (AvgIpc) is 3.55. The van der Waals surface area contributed by atoms with E-state index in [0.717, 1.165) is 37.7 Å². The van der Waals surface area contributed by atoms with E-state index in [9.17, 15) is 14.7 Å². The zero-order valence-electron chi connectivity index (χ0n) is 17.7. The summed E-state index contributed by atoms with van der Waals surface area (Å²) in [4.78, 5) is 27.8. The molecular weight excluding hydrogens is 410 g/mol. The Hall–Kier alpha value is -3.68. The lowest BCUT2D eigenvalue weighted by Crippen LogP contribution is -2.40. The van der Waals surface area contributed by atoms with Gasteiger partial charge in [-0.1, -0.05) is 41.7 Å². The van der Waals surface area contributed by atoms with E-state index in [1.807, 2.05) is 12.1 Å². The van der Waals surface area contributed by atoms with Gasteiger partial charge in [0.05, 0.1) is 11.6 Å². The number of hydrogen-bond donors (Lipinski definition) is 1. The molecule has 1 saturated heterocycles. The Morgan fingerprint density at radius 1 is 1.06 bits per heavy atom. The van der Waals surface area contributed by atoms with Crippen LogP contribution in [0.2, 0.25) is 0 Å². The monoisotopic (exact) mass is 433 g/mol. The quantitative estimate of drug-likeness (QED) is 0.367. The van der Waals surface area contributed by atoms with Crippen molar-refractivity contribution in [2.24, 2.45) is 5.92 Å². The van der Waals surface area contributed by atoms with Crippen LogP contribution in [0, 0.1) is 12.8 Å². The van der Waals surface area contributed by atoms with Gasteiger partial charge in [0.1, 0.15) is 23.4 Å². The summed E-state index contributed by atoms with van der Waals surface area (Å²) >= 11 is 0. The second-order valence-corrected chi connectivity index (χ2v) is 8.36. The van der Waals surface area contributed by atoms with Crippen LogP contribution in [0.25, 0.3) is 17.0 Å². The number of hydrogen-bond acceptors (Lipinski definition) is 7. The van der Waals surface area contributed by atoms with Crippen molar-refractivity contribution in [1.82, 2.24) is 10.3 Å². The summed E-state index contributed by atoms with van der Waals surface area (Å²) in [5, 5.41) is 18.8. The highest BCUT2D eigenvalue weighted by Gasteiger charge is 2.49. The third kappa shape index (κ3) is 3.41. The van der Waals surface area contributed by atoms with Crippen molar-refractivity contribution in [1.29, 1.82) is 0 Å². The van der Waals surface area contributed by atoms with Crippen LogP contribution in [-0.2, 0) is 9.59 Å². The third-order valence-corrected chi connectivity index (χ3v) is 6.33. The first-order valence-corrected chi connectivity index (χ1v) is 10.8. The van der Waals surface area contributed by atoms with Crippen LogP contribution in [0.4, 0.5) is 5.69 Å². The van der Waals surface area contributed by atoms with Gasteiger partial charge in [0.2, 0.25) is 0 Å². The fourth-order valence-corrected chi connectivity index (χ4v) is 4.81. The van der Waals surface area contributed by atoms with Gasteiger partial charge in [-0.2, -0.15) is 0 Å². The van der Waals surface area contributed by atoms with Crippen molar-refractivity contribution < 1.29 is 23.7 Å². The largest absolute Gasteiger partial charge is 0.505 e. The number of amides is 1. The normalized spacial score (nSPS) is 21.4. The molecule has 32 heavy (non-hydrogen) atoms. The summed E-state index contributed by atoms with van der Waals surface area (Å²) in [6.45, 7) is 1.71. The summed E-state index contributed by atoms with van der Waals surface area (Å²) < 4.78 is 9.98. The molecule has 0 spiro atoms. The van der Waals surface area contributed by atoms with Gasteiger partial charge in [-0.05, 0) is 37.8 Å². The van der Waals surface area contributed by atoms with Crippen molar-refractivity contribution in [3.05, 3.63) is 59.7 Å². The van der Waals surface area contributed by atoms with E-state index in [2.05, 4.69) is 10.3 Å². The van der Waals surface area contributed by atoms with Crippen molar-refractivity contribution in [2.45, 2.75) is 45.1 Å². The number of aromatic nitrogens is 2. The van der Waals surface area contributed by atoms with Gasteiger partial charge in [-0.3, -0.25) is 14.5 Å². The molecule has 3 aromatic rings. The number of Topliss-reactive ketones (excluding diaryl/α,β-unsaturated/α-hetero) is 1. The SMILES string of the molecule is Cc1cc(C(O)=C2C(=O)C(=O)N(c3ccc(-c4ccon4)cc3)C2C2CCCCC2)no1. The molecule has 1 amide bonds. The number of aliphatic hydroxyl groups is 1. The Labute approximate surface area is 184 Å². The Bertz CT molecular complexity index is 1170. The van der Waals surface area contributed by atoms with Crippen LogP contribution in [0.5, 0.6) is 0 Å². The van der Waals surface area contributed by atoms with E-state index >= 15 is 0 Å². The molecule has 2 fully saturated rings. The highest BCUT2D eigenvalue weighted by atomic mass is 16.5. The zero-order valence-corrected chi connectivity index (χ0v) is 17.7. The Balaban J connectivity index is 1.59. The lowest BCUT2D eigenvalue weighted by molar-refractivity contribution is -0.132. The molecule has 1 aromatic carbocycles. The molecule has 1 atom stereocenters. The molecule has 0 radical (unpaired) electrons. The van der Waals surface area contributed by atoms with Crippen LogP contribution in [0.1, 0.15) is 43.6 Å². The standard InChI is InChI=1S/C24H23N3O5/c1-14-13-19(26-32-14)22(28)20-21(16-5-3-2-4-6-16)27(24(30)23(20)29)17-9-7-15(8-10-17)18-11-12-31-25-18/h7-13,16,21,28H,2-6H2,1H3. The van der Waals surface area contributed by atoms with Gasteiger partial charge < -0.3 is 14.2 Å². The van der Waals surface area contributed by atoms with Crippen LogP contribution in [0.15, 0.2) is 57.3 Å². The maximum atomic E-state index is 13.2. The lowest BCUT2D eigenvalue weighted by Gasteiger charge is -2.34. The molecule has 1 unspecified atom stereocenters. The number of rotatable bonds is 4. The van der Waals surface area contributed by atoms with Crippen molar-refractivity contribution >= 4 is 23.1 Å². The highest BCUT2D eigenvalue weighted by Crippen LogP contribution is 2.41. The van der Waals surface area contributed by atoms with Gasteiger partial charge in [0.25, 0.3) is 11.7 Å². The topological polar surface area (TPSA) is 110 Å². The third-order valence-electron chi connectivity index (χ3n) is 6.33. The van der Waals surface area contributed by atoms with Gasteiger partial charge >= 0.3 is 0 Å². The Morgan fingerprint density at radius 3 is 2.44 bits per heavy atom. The first-order chi connectivity index (χ1) is 15.5. The Morgan fingerprint density at radius 2 is 1.81 bits per heavy atom.